The average Bonchev–Trinajstić information content (AvgIpc) is 2.69. The number of hydrogen-bond donors (Lipinski definition) is 1. The molecule has 3 nitrogen and oxygen atoms in total. The van der Waals surface area contributed by atoms with E-state index in [0.717, 1.165) is 31.6 Å². The van der Waals surface area contributed by atoms with E-state index in [2.05, 4.69) is 15.0 Å². The Bertz CT molecular complexity index is 431. The SMILES string of the molecule is FC(F)Oc1ccc(NC(=S)N2CCCCCC2)cc1. The molecule has 0 spiro atoms. The molecule has 110 valence electrons. The van der Waals surface area contributed by atoms with Crippen molar-refractivity contribution >= 4 is 23.0 Å². The molecule has 0 unspecified atom stereocenters. The Morgan fingerprint density at radius 3 is 2.25 bits per heavy atom. The van der Waals surface area contributed by atoms with Crippen molar-refractivity contribution in [3.8, 4) is 5.75 Å². The summed E-state index contributed by atoms with van der Waals surface area (Å²) in [6.07, 6.45) is 4.81. The molecule has 0 saturated carbocycles. The number of alkyl halides is 2. The number of benzene rings is 1. The summed E-state index contributed by atoms with van der Waals surface area (Å²) in [5, 5.41) is 3.82. The second-order valence-electron chi connectivity index (χ2n) is 4.73. The number of nitrogens with one attached hydrogen (secondary N) is 1. The molecule has 2 rings (SSSR count). The van der Waals surface area contributed by atoms with Crippen LogP contribution in [0.15, 0.2) is 24.3 Å². The maximum absolute atomic E-state index is 12.0. The first-order valence-corrected chi connectivity index (χ1v) is 7.17. The van der Waals surface area contributed by atoms with Crippen molar-refractivity contribution in [3.63, 3.8) is 0 Å². The van der Waals surface area contributed by atoms with Gasteiger partial charge in [0, 0.05) is 18.8 Å². The number of halogens is 2. The number of nitrogens with zero attached hydrogens (tertiary/aromatic N) is 1. The Morgan fingerprint density at radius 2 is 1.70 bits per heavy atom. The molecule has 1 fully saturated rings. The monoisotopic (exact) mass is 300 g/mol. The third-order valence-corrected chi connectivity index (χ3v) is 3.58. The number of thiocarbonyl (C=S) groups is 1. The van der Waals surface area contributed by atoms with Gasteiger partial charge < -0.3 is 15.0 Å². The fourth-order valence-electron chi connectivity index (χ4n) is 2.20. The molecule has 1 aliphatic rings. The zero-order valence-corrected chi connectivity index (χ0v) is 12.0. The predicted octanol–water partition coefficient (Wildman–Crippen LogP) is 3.86. The minimum absolute atomic E-state index is 0.145. The Kier molecular flexibility index (Phi) is 5.52. The molecule has 1 aromatic carbocycles. The van der Waals surface area contributed by atoms with Gasteiger partial charge in [-0.15, -0.1) is 0 Å². The molecule has 1 aliphatic heterocycles. The maximum Gasteiger partial charge on any atom is 0.387 e. The lowest BCUT2D eigenvalue weighted by atomic mass is 10.2. The summed E-state index contributed by atoms with van der Waals surface area (Å²) < 4.78 is 28.4. The fraction of sp³-hybridized carbons (Fsp3) is 0.500. The van der Waals surface area contributed by atoms with Gasteiger partial charge in [0.1, 0.15) is 5.75 Å². The number of likely N-dealkylation sites (tertiary alicyclic amines) is 1. The van der Waals surface area contributed by atoms with Crippen molar-refractivity contribution in [2.24, 2.45) is 0 Å². The van der Waals surface area contributed by atoms with Crippen LogP contribution in [-0.2, 0) is 0 Å². The van der Waals surface area contributed by atoms with E-state index in [0.29, 0.717) is 5.11 Å². The minimum Gasteiger partial charge on any atom is -0.435 e. The quantitative estimate of drug-likeness (QED) is 0.857. The van der Waals surface area contributed by atoms with E-state index in [-0.39, 0.29) is 5.75 Å². The van der Waals surface area contributed by atoms with Gasteiger partial charge in [0.2, 0.25) is 0 Å². The van der Waals surface area contributed by atoms with Crippen LogP contribution in [0.2, 0.25) is 0 Å². The first-order valence-electron chi connectivity index (χ1n) is 6.76. The van der Waals surface area contributed by atoms with Crippen LogP contribution in [0.25, 0.3) is 0 Å². The van der Waals surface area contributed by atoms with E-state index in [1.807, 2.05) is 0 Å². The van der Waals surface area contributed by atoms with Gasteiger partial charge >= 0.3 is 6.61 Å². The zero-order valence-electron chi connectivity index (χ0n) is 11.1. The van der Waals surface area contributed by atoms with Crippen LogP contribution in [-0.4, -0.2) is 29.7 Å². The molecule has 1 saturated heterocycles. The van der Waals surface area contributed by atoms with Gasteiger partial charge in [0.15, 0.2) is 5.11 Å². The summed E-state index contributed by atoms with van der Waals surface area (Å²) in [5.74, 6) is 0.145. The molecular weight excluding hydrogens is 282 g/mol. The van der Waals surface area contributed by atoms with Crippen molar-refractivity contribution in [2.75, 3.05) is 18.4 Å². The van der Waals surface area contributed by atoms with Gasteiger partial charge in [-0.25, -0.2) is 0 Å². The highest BCUT2D eigenvalue weighted by atomic mass is 32.1. The van der Waals surface area contributed by atoms with Gasteiger partial charge in [-0.3, -0.25) is 0 Å². The summed E-state index contributed by atoms with van der Waals surface area (Å²) in [6.45, 7) is -0.858. The highest BCUT2D eigenvalue weighted by Gasteiger charge is 2.12. The second kappa shape index (κ2) is 7.38. The second-order valence-corrected chi connectivity index (χ2v) is 5.12. The van der Waals surface area contributed by atoms with Crippen LogP contribution in [0, 0.1) is 0 Å². The molecule has 0 aliphatic carbocycles. The molecule has 1 heterocycles. The molecule has 0 amide bonds. The summed E-state index contributed by atoms with van der Waals surface area (Å²) >= 11 is 5.38. The van der Waals surface area contributed by atoms with Crippen LogP contribution in [0.5, 0.6) is 5.75 Å². The zero-order chi connectivity index (χ0) is 14.4. The van der Waals surface area contributed by atoms with Crippen LogP contribution >= 0.6 is 12.2 Å². The maximum atomic E-state index is 12.0. The van der Waals surface area contributed by atoms with Crippen LogP contribution < -0.4 is 10.1 Å². The van der Waals surface area contributed by atoms with Crippen molar-refractivity contribution in [1.82, 2.24) is 4.90 Å². The number of rotatable bonds is 3. The highest BCUT2D eigenvalue weighted by molar-refractivity contribution is 7.80. The molecule has 1 N–H and O–H groups in total. The molecule has 0 atom stereocenters. The molecule has 0 bridgehead atoms. The van der Waals surface area contributed by atoms with Gasteiger partial charge in [0.25, 0.3) is 0 Å². The Morgan fingerprint density at radius 1 is 1.10 bits per heavy atom. The Balaban J connectivity index is 1.90. The number of anilines is 1. The van der Waals surface area contributed by atoms with Crippen molar-refractivity contribution in [3.05, 3.63) is 24.3 Å². The lowest BCUT2D eigenvalue weighted by molar-refractivity contribution is -0.0498. The normalized spacial score (nSPS) is 15.8. The summed E-state index contributed by atoms with van der Waals surface area (Å²) in [5.41, 5.74) is 0.779. The van der Waals surface area contributed by atoms with Gasteiger partial charge in [-0.05, 0) is 49.3 Å². The molecule has 1 aromatic rings. The van der Waals surface area contributed by atoms with Crippen LogP contribution in [0.3, 0.4) is 0 Å². The Labute approximate surface area is 122 Å². The average molecular weight is 300 g/mol. The lowest BCUT2D eigenvalue weighted by Gasteiger charge is -2.24. The van der Waals surface area contributed by atoms with E-state index in [1.165, 1.54) is 25.0 Å². The Hall–Kier alpha value is -1.43. The number of ether oxygens (including phenoxy) is 1. The highest BCUT2D eigenvalue weighted by Crippen LogP contribution is 2.18. The summed E-state index contributed by atoms with van der Waals surface area (Å²) in [6, 6.07) is 6.36. The predicted molar refractivity (Wildman–Crippen MR) is 79.3 cm³/mol. The van der Waals surface area contributed by atoms with Crippen LogP contribution in [0.1, 0.15) is 25.7 Å². The molecular formula is C14H18F2N2OS. The topological polar surface area (TPSA) is 24.5 Å². The molecule has 20 heavy (non-hydrogen) atoms. The fourth-order valence-corrected chi connectivity index (χ4v) is 2.50. The molecule has 0 aromatic heterocycles. The van der Waals surface area contributed by atoms with E-state index < -0.39 is 6.61 Å². The molecule has 6 heteroatoms. The first kappa shape index (κ1) is 15.0. The van der Waals surface area contributed by atoms with Crippen molar-refractivity contribution in [1.29, 1.82) is 0 Å². The third kappa shape index (κ3) is 4.59. The van der Waals surface area contributed by atoms with E-state index in [4.69, 9.17) is 12.2 Å². The van der Waals surface area contributed by atoms with Crippen molar-refractivity contribution in [2.45, 2.75) is 32.3 Å². The summed E-state index contributed by atoms with van der Waals surface area (Å²) in [4.78, 5) is 2.16. The largest absolute Gasteiger partial charge is 0.435 e. The van der Waals surface area contributed by atoms with E-state index in [1.54, 1.807) is 12.1 Å². The first-order chi connectivity index (χ1) is 9.65. The standard InChI is InChI=1S/C14H18F2N2OS/c15-13(16)19-12-7-5-11(6-8-12)17-14(20)18-9-3-1-2-4-10-18/h5-8,13H,1-4,9-10H2,(H,17,20). The van der Waals surface area contributed by atoms with Gasteiger partial charge in [-0.2, -0.15) is 8.78 Å². The number of hydrogen-bond acceptors (Lipinski definition) is 2. The third-order valence-electron chi connectivity index (χ3n) is 3.22. The van der Waals surface area contributed by atoms with Crippen LogP contribution in [0.4, 0.5) is 14.5 Å². The lowest BCUT2D eigenvalue weighted by Crippen LogP contribution is -2.35. The summed E-state index contributed by atoms with van der Waals surface area (Å²) in [7, 11) is 0. The minimum atomic E-state index is -2.80. The molecule has 0 radical (unpaired) electrons. The van der Waals surface area contributed by atoms with Gasteiger partial charge in [0.05, 0.1) is 0 Å². The van der Waals surface area contributed by atoms with Crippen molar-refractivity contribution < 1.29 is 13.5 Å². The van der Waals surface area contributed by atoms with E-state index >= 15 is 0 Å². The smallest absolute Gasteiger partial charge is 0.387 e. The van der Waals surface area contributed by atoms with E-state index in [9.17, 15) is 8.78 Å². The van der Waals surface area contributed by atoms with Gasteiger partial charge in [-0.1, -0.05) is 12.8 Å².